The Kier molecular flexibility index (Phi) is 4.37. The van der Waals surface area contributed by atoms with Gasteiger partial charge in [0.2, 0.25) is 0 Å². The summed E-state index contributed by atoms with van der Waals surface area (Å²) in [4.78, 5) is 11.9. The van der Waals surface area contributed by atoms with Gasteiger partial charge in [-0.1, -0.05) is 6.42 Å². The van der Waals surface area contributed by atoms with Gasteiger partial charge in [0.1, 0.15) is 11.6 Å². The molecule has 0 aromatic heterocycles. The molecule has 0 saturated carbocycles. The Bertz CT molecular complexity index is 465. The number of phenolic OH excluding ortho intramolecular Hbond substituents is 1. The molecular formula is C14H19FN2O2. The van der Waals surface area contributed by atoms with Crippen molar-refractivity contribution in [1.82, 2.24) is 10.6 Å². The first-order chi connectivity index (χ1) is 9.06. The molecule has 1 aliphatic heterocycles. The molecule has 1 aromatic carbocycles. The number of amides is 1. The number of hydrogen-bond acceptors (Lipinski definition) is 3. The first-order valence-corrected chi connectivity index (χ1v) is 6.59. The molecule has 3 N–H and O–H groups in total. The van der Waals surface area contributed by atoms with Gasteiger partial charge in [-0.15, -0.1) is 0 Å². The molecule has 5 heteroatoms. The summed E-state index contributed by atoms with van der Waals surface area (Å²) in [6.07, 6.45) is 3.30. The summed E-state index contributed by atoms with van der Waals surface area (Å²) in [6, 6.07) is 4.05. The van der Waals surface area contributed by atoms with E-state index in [9.17, 15) is 14.3 Å². The number of carbonyl (C=O) groups excluding carboxylic acids is 1. The predicted molar refractivity (Wildman–Crippen MR) is 70.6 cm³/mol. The van der Waals surface area contributed by atoms with E-state index in [1.165, 1.54) is 6.07 Å². The highest BCUT2D eigenvalue weighted by atomic mass is 19.1. The Morgan fingerprint density at radius 1 is 1.53 bits per heavy atom. The van der Waals surface area contributed by atoms with E-state index in [0.29, 0.717) is 12.6 Å². The lowest BCUT2D eigenvalue weighted by Gasteiger charge is -2.28. The SMILES string of the molecule is CC1CCCC(CNC(=O)c2cc(F)ccc2O)N1. The summed E-state index contributed by atoms with van der Waals surface area (Å²) in [5, 5.41) is 15.7. The summed E-state index contributed by atoms with van der Waals surface area (Å²) in [7, 11) is 0. The molecule has 2 atom stereocenters. The zero-order valence-electron chi connectivity index (χ0n) is 10.9. The zero-order chi connectivity index (χ0) is 13.8. The molecule has 2 rings (SSSR count). The van der Waals surface area contributed by atoms with Crippen LogP contribution in [0.5, 0.6) is 5.75 Å². The van der Waals surface area contributed by atoms with Crippen molar-refractivity contribution in [2.75, 3.05) is 6.54 Å². The van der Waals surface area contributed by atoms with Crippen molar-refractivity contribution in [1.29, 1.82) is 0 Å². The number of nitrogens with one attached hydrogen (secondary N) is 2. The fourth-order valence-corrected chi connectivity index (χ4v) is 2.40. The minimum absolute atomic E-state index is 0.0242. The highest BCUT2D eigenvalue weighted by Gasteiger charge is 2.19. The molecule has 104 valence electrons. The van der Waals surface area contributed by atoms with Crippen LogP contribution in [-0.4, -0.2) is 29.6 Å². The maximum atomic E-state index is 13.1. The summed E-state index contributed by atoms with van der Waals surface area (Å²) < 4.78 is 13.1. The number of benzene rings is 1. The minimum Gasteiger partial charge on any atom is -0.507 e. The molecule has 4 nitrogen and oxygen atoms in total. The molecule has 0 bridgehead atoms. The van der Waals surface area contributed by atoms with Crippen LogP contribution in [0.1, 0.15) is 36.5 Å². The molecule has 1 saturated heterocycles. The van der Waals surface area contributed by atoms with Crippen molar-refractivity contribution in [3.05, 3.63) is 29.6 Å². The number of hydrogen-bond donors (Lipinski definition) is 3. The molecule has 19 heavy (non-hydrogen) atoms. The lowest BCUT2D eigenvalue weighted by atomic mass is 9.99. The average molecular weight is 266 g/mol. The molecule has 1 heterocycles. The van der Waals surface area contributed by atoms with Crippen molar-refractivity contribution in [3.63, 3.8) is 0 Å². The van der Waals surface area contributed by atoms with Crippen molar-refractivity contribution in [3.8, 4) is 5.75 Å². The minimum atomic E-state index is -0.535. The smallest absolute Gasteiger partial charge is 0.255 e. The zero-order valence-corrected chi connectivity index (χ0v) is 10.9. The summed E-state index contributed by atoms with van der Waals surface area (Å²) in [5.41, 5.74) is -0.0242. The third-order valence-electron chi connectivity index (χ3n) is 3.42. The molecule has 1 aliphatic rings. The van der Waals surface area contributed by atoms with Gasteiger partial charge in [0, 0.05) is 18.6 Å². The van der Waals surface area contributed by atoms with Crippen LogP contribution < -0.4 is 10.6 Å². The highest BCUT2D eigenvalue weighted by molar-refractivity contribution is 5.96. The second-order valence-corrected chi connectivity index (χ2v) is 5.07. The van der Waals surface area contributed by atoms with Crippen LogP contribution in [0.4, 0.5) is 4.39 Å². The van der Waals surface area contributed by atoms with Gasteiger partial charge in [0.15, 0.2) is 0 Å². The Labute approximate surface area is 112 Å². The summed E-state index contributed by atoms with van der Waals surface area (Å²) in [6.45, 7) is 2.60. The van der Waals surface area contributed by atoms with E-state index in [4.69, 9.17) is 0 Å². The van der Waals surface area contributed by atoms with Crippen LogP contribution in [0.25, 0.3) is 0 Å². The second kappa shape index (κ2) is 6.02. The van der Waals surface area contributed by atoms with Crippen LogP contribution in [0, 0.1) is 5.82 Å². The summed E-state index contributed by atoms with van der Waals surface area (Å²) in [5.74, 6) is -1.19. The van der Waals surface area contributed by atoms with Gasteiger partial charge in [-0.05, 0) is 38.0 Å². The quantitative estimate of drug-likeness (QED) is 0.781. The lowest BCUT2D eigenvalue weighted by molar-refractivity contribution is 0.0943. The topological polar surface area (TPSA) is 61.4 Å². The van der Waals surface area contributed by atoms with E-state index >= 15 is 0 Å². The van der Waals surface area contributed by atoms with Gasteiger partial charge in [0.05, 0.1) is 5.56 Å². The number of rotatable bonds is 3. The molecule has 1 aromatic rings. The number of halogens is 1. The number of phenols is 1. The van der Waals surface area contributed by atoms with Crippen LogP contribution in [0.3, 0.4) is 0 Å². The lowest BCUT2D eigenvalue weighted by Crippen LogP contribution is -2.47. The molecule has 0 spiro atoms. The van der Waals surface area contributed by atoms with Crippen molar-refractivity contribution in [2.24, 2.45) is 0 Å². The fourth-order valence-electron chi connectivity index (χ4n) is 2.40. The number of piperidine rings is 1. The van der Waals surface area contributed by atoms with Crippen molar-refractivity contribution >= 4 is 5.91 Å². The van der Waals surface area contributed by atoms with Crippen LogP contribution >= 0.6 is 0 Å². The van der Waals surface area contributed by atoms with Crippen molar-refractivity contribution in [2.45, 2.75) is 38.3 Å². The number of aromatic hydroxyl groups is 1. The predicted octanol–water partition coefficient (Wildman–Crippen LogP) is 1.79. The second-order valence-electron chi connectivity index (χ2n) is 5.07. The van der Waals surface area contributed by atoms with E-state index in [2.05, 4.69) is 17.6 Å². The van der Waals surface area contributed by atoms with Crippen LogP contribution in [0.2, 0.25) is 0 Å². The van der Waals surface area contributed by atoms with Gasteiger partial charge in [-0.2, -0.15) is 0 Å². The third kappa shape index (κ3) is 3.67. The monoisotopic (exact) mass is 266 g/mol. The van der Waals surface area contributed by atoms with E-state index in [1.54, 1.807) is 0 Å². The van der Waals surface area contributed by atoms with Gasteiger partial charge < -0.3 is 15.7 Å². The molecule has 2 unspecified atom stereocenters. The first kappa shape index (κ1) is 13.8. The molecule has 0 aliphatic carbocycles. The third-order valence-corrected chi connectivity index (χ3v) is 3.42. The normalized spacial score (nSPS) is 23.1. The van der Waals surface area contributed by atoms with Gasteiger partial charge in [-0.25, -0.2) is 4.39 Å². The van der Waals surface area contributed by atoms with Crippen LogP contribution in [-0.2, 0) is 0 Å². The highest BCUT2D eigenvalue weighted by Crippen LogP contribution is 2.18. The molecule has 0 radical (unpaired) electrons. The van der Waals surface area contributed by atoms with E-state index < -0.39 is 11.7 Å². The first-order valence-electron chi connectivity index (χ1n) is 6.59. The Balaban J connectivity index is 1.92. The largest absolute Gasteiger partial charge is 0.507 e. The Hall–Kier alpha value is -1.62. The summed E-state index contributed by atoms with van der Waals surface area (Å²) >= 11 is 0. The molecule has 1 fully saturated rings. The van der Waals surface area contributed by atoms with E-state index in [-0.39, 0.29) is 17.4 Å². The maximum absolute atomic E-state index is 13.1. The van der Waals surface area contributed by atoms with Gasteiger partial charge >= 0.3 is 0 Å². The maximum Gasteiger partial charge on any atom is 0.255 e. The average Bonchev–Trinajstić information content (AvgIpc) is 2.39. The van der Waals surface area contributed by atoms with Gasteiger partial charge in [0.25, 0.3) is 5.91 Å². The fraction of sp³-hybridized carbons (Fsp3) is 0.500. The van der Waals surface area contributed by atoms with Crippen LogP contribution in [0.15, 0.2) is 18.2 Å². The van der Waals surface area contributed by atoms with E-state index in [0.717, 1.165) is 31.4 Å². The Morgan fingerprint density at radius 3 is 3.05 bits per heavy atom. The van der Waals surface area contributed by atoms with E-state index in [1.807, 2.05) is 0 Å². The Morgan fingerprint density at radius 2 is 2.32 bits per heavy atom. The van der Waals surface area contributed by atoms with Gasteiger partial charge in [-0.3, -0.25) is 4.79 Å². The molecule has 1 amide bonds. The standard InChI is InChI=1S/C14H19FN2O2/c1-9-3-2-4-11(17-9)8-16-14(19)12-7-10(15)5-6-13(12)18/h5-7,9,11,17-18H,2-4,8H2,1H3,(H,16,19). The molecular weight excluding hydrogens is 247 g/mol. The number of carbonyl (C=O) groups is 1. The van der Waals surface area contributed by atoms with Crippen molar-refractivity contribution < 1.29 is 14.3 Å².